The number of thiocarbonyl (C=S) groups is 1. The Bertz CT molecular complexity index is 571. The lowest BCUT2D eigenvalue weighted by molar-refractivity contribution is 0.704. The molecule has 3 N–H and O–H groups in total. The smallest absolute Gasteiger partial charge is 0.158 e. The fourth-order valence-corrected chi connectivity index (χ4v) is 2.18. The molecule has 1 atom stereocenters. The molecule has 104 valence electrons. The van der Waals surface area contributed by atoms with E-state index in [4.69, 9.17) is 18.0 Å². The molecule has 2 aromatic rings. The summed E-state index contributed by atoms with van der Waals surface area (Å²) in [4.78, 5) is 0.332. The number of benzene rings is 1. The molecule has 0 spiro atoms. The highest BCUT2D eigenvalue weighted by atomic mass is 32.1. The molecule has 5 heteroatoms. The molecule has 0 saturated carbocycles. The normalized spacial score (nSPS) is 11.8. The molecule has 0 radical (unpaired) electrons. The average Bonchev–Trinajstić information content (AvgIpc) is 2.48. The van der Waals surface area contributed by atoms with Gasteiger partial charge in [0.05, 0.1) is 11.8 Å². The number of nitrogens with one attached hydrogen (secondary N) is 1. The molecule has 1 unspecified atom stereocenters. The van der Waals surface area contributed by atoms with Crippen molar-refractivity contribution in [2.45, 2.75) is 19.3 Å². The van der Waals surface area contributed by atoms with Gasteiger partial charge in [0.25, 0.3) is 0 Å². The zero-order valence-corrected chi connectivity index (χ0v) is 12.2. The van der Waals surface area contributed by atoms with Crippen molar-refractivity contribution in [1.29, 1.82) is 0 Å². The minimum Gasteiger partial charge on any atom is -0.389 e. The van der Waals surface area contributed by atoms with Gasteiger partial charge in [0.2, 0.25) is 0 Å². The highest BCUT2D eigenvalue weighted by Gasteiger charge is 2.08. The molecule has 0 aliphatic heterocycles. The quantitative estimate of drug-likeness (QED) is 0.799. The van der Waals surface area contributed by atoms with E-state index < -0.39 is 0 Å². The van der Waals surface area contributed by atoms with Crippen LogP contribution in [0.5, 0.6) is 0 Å². The Labute approximate surface area is 124 Å². The summed E-state index contributed by atoms with van der Waals surface area (Å²) in [7, 11) is 0. The molecule has 0 aliphatic carbocycles. The monoisotopic (exact) mass is 286 g/mol. The van der Waals surface area contributed by atoms with Crippen LogP contribution in [-0.4, -0.2) is 21.7 Å². The predicted molar refractivity (Wildman–Crippen MR) is 85.9 cm³/mol. The number of hydrogen-bond acceptors (Lipinski definition) is 4. The van der Waals surface area contributed by atoms with Gasteiger partial charge in [0.1, 0.15) is 4.99 Å². The SMILES string of the molecule is CC(CCNc1nnccc1C(N)=S)c1ccccc1. The van der Waals surface area contributed by atoms with Crippen LogP contribution in [0.4, 0.5) is 5.82 Å². The van der Waals surface area contributed by atoms with Gasteiger partial charge in [-0.05, 0) is 24.0 Å². The minimum absolute atomic E-state index is 0.332. The summed E-state index contributed by atoms with van der Waals surface area (Å²) >= 11 is 5.00. The maximum atomic E-state index is 5.66. The Morgan fingerprint density at radius 3 is 2.75 bits per heavy atom. The molecule has 1 aromatic carbocycles. The zero-order valence-electron chi connectivity index (χ0n) is 11.4. The third-order valence-corrected chi connectivity index (χ3v) is 3.44. The molecule has 20 heavy (non-hydrogen) atoms. The highest BCUT2D eigenvalue weighted by molar-refractivity contribution is 7.80. The molecule has 2 rings (SSSR count). The van der Waals surface area contributed by atoms with E-state index in [2.05, 4.69) is 46.7 Å². The van der Waals surface area contributed by atoms with Gasteiger partial charge in [0, 0.05) is 6.54 Å². The van der Waals surface area contributed by atoms with Gasteiger partial charge in [-0.2, -0.15) is 5.10 Å². The maximum absolute atomic E-state index is 5.66. The van der Waals surface area contributed by atoms with Crippen molar-refractivity contribution in [3.8, 4) is 0 Å². The van der Waals surface area contributed by atoms with Crippen LogP contribution in [-0.2, 0) is 0 Å². The van der Waals surface area contributed by atoms with E-state index in [1.807, 2.05) is 6.07 Å². The van der Waals surface area contributed by atoms with E-state index in [-0.39, 0.29) is 0 Å². The summed E-state index contributed by atoms with van der Waals surface area (Å²) in [5, 5.41) is 11.2. The molecule has 0 amide bonds. The van der Waals surface area contributed by atoms with Gasteiger partial charge in [-0.1, -0.05) is 49.5 Å². The van der Waals surface area contributed by atoms with Crippen molar-refractivity contribution < 1.29 is 0 Å². The van der Waals surface area contributed by atoms with Gasteiger partial charge in [0.15, 0.2) is 5.82 Å². The fraction of sp³-hybridized carbons (Fsp3) is 0.267. The van der Waals surface area contributed by atoms with E-state index >= 15 is 0 Å². The van der Waals surface area contributed by atoms with Crippen molar-refractivity contribution in [2.75, 3.05) is 11.9 Å². The van der Waals surface area contributed by atoms with Crippen LogP contribution in [0, 0.1) is 0 Å². The van der Waals surface area contributed by atoms with Crippen LogP contribution in [0.2, 0.25) is 0 Å². The summed E-state index contributed by atoms with van der Waals surface area (Å²) in [6.45, 7) is 3.01. The highest BCUT2D eigenvalue weighted by Crippen LogP contribution is 2.18. The molecule has 4 nitrogen and oxygen atoms in total. The lowest BCUT2D eigenvalue weighted by Gasteiger charge is -2.13. The van der Waals surface area contributed by atoms with Crippen LogP contribution in [0.3, 0.4) is 0 Å². The second kappa shape index (κ2) is 6.96. The first kappa shape index (κ1) is 14.4. The third-order valence-electron chi connectivity index (χ3n) is 3.22. The maximum Gasteiger partial charge on any atom is 0.158 e. The molecule has 1 aromatic heterocycles. The van der Waals surface area contributed by atoms with Gasteiger partial charge in [-0.15, -0.1) is 5.10 Å². The Morgan fingerprint density at radius 1 is 1.30 bits per heavy atom. The van der Waals surface area contributed by atoms with Crippen molar-refractivity contribution in [3.63, 3.8) is 0 Å². The average molecular weight is 286 g/mol. The number of anilines is 1. The Balaban J connectivity index is 1.92. The van der Waals surface area contributed by atoms with Gasteiger partial charge >= 0.3 is 0 Å². The molecule has 1 heterocycles. The molecule has 0 aliphatic rings. The van der Waals surface area contributed by atoms with Crippen LogP contribution < -0.4 is 11.1 Å². The summed E-state index contributed by atoms with van der Waals surface area (Å²) in [6.07, 6.45) is 2.59. The van der Waals surface area contributed by atoms with E-state index in [9.17, 15) is 0 Å². The Morgan fingerprint density at radius 2 is 2.05 bits per heavy atom. The summed E-state index contributed by atoms with van der Waals surface area (Å²) in [6, 6.07) is 12.2. The number of nitrogens with zero attached hydrogens (tertiary/aromatic N) is 2. The van der Waals surface area contributed by atoms with E-state index in [0.717, 1.165) is 18.5 Å². The number of aromatic nitrogens is 2. The van der Waals surface area contributed by atoms with Gasteiger partial charge in [-0.3, -0.25) is 0 Å². The first-order valence-electron chi connectivity index (χ1n) is 6.59. The summed E-state index contributed by atoms with van der Waals surface area (Å²) < 4.78 is 0. The minimum atomic E-state index is 0.332. The largest absolute Gasteiger partial charge is 0.389 e. The molecule has 0 bridgehead atoms. The molecule has 0 saturated heterocycles. The van der Waals surface area contributed by atoms with Crippen LogP contribution in [0.25, 0.3) is 0 Å². The van der Waals surface area contributed by atoms with Crippen molar-refractivity contribution in [1.82, 2.24) is 10.2 Å². The summed E-state index contributed by atoms with van der Waals surface area (Å²) in [5.41, 5.74) is 7.74. The lowest BCUT2D eigenvalue weighted by atomic mass is 9.98. The standard InChI is InChI=1S/C15H18N4S/c1-11(12-5-3-2-4-6-12)7-9-17-15-13(14(16)20)8-10-18-19-15/h2-6,8,10-11H,7,9H2,1H3,(H2,16,20)(H,17,19). The van der Waals surface area contributed by atoms with Crippen LogP contribution in [0.15, 0.2) is 42.6 Å². The van der Waals surface area contributed by atoms with E-state index in [1.54, 1.807) is 12.3 Å². The van der Waals surface area contributed by atoms with E-state index in [0.29, 0.717) is 16.7 Å². The first-order chi connectivity index (χ1) is 9.68. The second-order valence-corrected chi connectivity index (χ2v) is 5.12. The number of nitrogens with two attached hydrogens (primary N) is 1. The van der Waals surface area contributed by atoms with Gasteiger partial charge in [-0.25, -0.2) is 0 Å². The van der Waals surface area contributed by atoms with Crippen LogP contribution in [0.1, 0.15) is 30.4 Å². The predicted octanol–water partition coefficient (Wildman–Crippen LogP) is 2.72. The van der Waals surface area contributed by atoms with Gasteiger partial charge < -0.3 is 11.1 Å². The second-order valence-electron chi connectivity index (χ2n) is 4.68. The Kier molecular flexibility index (Phi) is 5.01. The zero-order chi connectivity index (χ0) is 14.4. The number of rotatable bonds is 6. The first-order valence-corrected chi connectivity index (χ1v) is 6.99. The summed E-state index contributed by atoms with van der Waals surface area (Å²) in [5.74, 6) is 1.13. The molecule has 0 fully saturated rings. The lowest BCUT2D eigenvalue weighted by Crippen LogP contribution is -2.16. The van der Waals surface area contributed by atoms with Crippen LogP contribution >= 0.6 is 12.2 Å². The Hall–Kier alpha value is -2.01. The molecular formula is C15H18N4S. The van der Waals surface area contributed by atoms with Crippen molar-refractivity contribution in [3.05, 3.63) is 53.7 Å². The topological polar surface area (TPSA) is 63.8 Å². The number of hydrogen-bond donors (Lipinski definition) is 2. The molecular weight excluding hydrogens is 268 g/mol. The third kappa shape index (κ3) is 3.74. The van der Waals surface area contributed by atoms with E-state index in [1.165, 1.54) is 5.56 Å². The van der Waals surface area contributed by atoms with Crippen molar-refractivity contribution in [2.24, 2.45) is 5.73 Å². The van der Waals surface area contributed by atoms with Crippen molar-refractivity contribution >= 4 is 23.0 Å². The fourth-order valence-electron chi connectivity index (χ4n) is 2.02.